The highest BCUT2D eigenvalue weighted by Gasteiger charge is 2.18. The van der Waals surface area contributed by atoms with Crippen molar-refractivity contribution >= 4 is 17.2 Å². The van der Waals surface area contributed by atoms with E-state index in [1.54, 1.807) is 11.3 Å². The van der Waals surface area contributed by atoms with Crippen LogP contribution in [-0.4, -0.2) is 12.5 Å². The molecule has 3 rings (SSSR count). The number of hydrogen-bond acceptors (Lipinski definition) is 2. The summed E-state index contributed by atoms with van der Waals surface area (Å²) in [5.74, 6) is 0.144. The zero-order chi connectivity index (χ0) is 14.5. The minimum atomic E-state index is 0.144. The number of hydrogen-bond donors (Lipinski definition) is 1. The van der Waals surface area contributed by atoms with Crippen molar-refractivity contribution in [3.8, 4) is 0 Å². The summed E-state index contributed by atoms with van der Waals surface area (Å²) in [6.45, 7) is 0.787. The standard InChI is InChI=1S/C18H25NOS/c20-18(19-12-11-14-7-3-1-4-8-14)16-13-21-17-10-6-2-5-9-15(16)17/h7,13H,1-6,8-12H2,(H,19,20). The molecule has 0 fully saturated rings. The Morgan fingerprint density at radius 3 is 2.81 bits per heavy atom. The minimum absolute atomic E-state index is 0.144. The van der Waals surface area contributed by atoms with Crippen LogP contribution in [0.15, 0.2) is 17.0 Å². The Balaban J connectivity index is 1.55. The number of nitrogens with one attached hydrogen (secondary N) is 1. The molecule has 0 saturated heterocycles. The predicted molar refractivity (Wildman–Crippen MR) is 89.1 cm³/mol. The molecule has 1 amide bonds. The van der Waals surface area contributed by atoms with E-state index in [4.69, 9.17) is 0 Å². The van der Waals surface area contributed by atoms with Gasteiger partial charge in [0, 0.05) is 16.8 Å². The van der Waals surface area contributed by atoms with E-state index in [-0.39, 0.29) is 5.91 Å². The zero-order valence-electron chi connectivity index (χ0n) is 12.7. The molecule has 0 radical (unpaired) electrons. The van der Waals surface area contributed by atoms with Crippen LogP contribution >= 0.6 is 11.3 Å². The lowest BCUT2D eigenvalue weighted by Gasteiger charge is -2.13. The second kappa shape index (κ2) is 7.26. The summed E-state index contributed by atoms with van der Waals surface area (Å²) < 4.78 is 0. The average molecular weight is 303 g/mol. The number of amides is 1. The normalized spacial score (nSPS) is 18.6. The van der Waals surface area contributed by atoms with Gasteiger partial charge in [0.05, 0.1) is 5.56 Å². The van der Waals surface area contributed by atoms with Crippen LogP contribution in [0.2, 0.25) is 0 Å². The number of carbonyl (C=O) groups is 1. The fourth-order valence-electron chi connectivity index (χ4n) is 3.42. The monoisotopic (exact) mass is 303 g/mol. The third-order valence-electron chi connectivity index (χ3n) is 4.67. The molecule has 1 aromatic rings. The molecule has 0 saturated carbocycles. The summed E-state index contributed by atoms with van der Waals surface area (Å²) in [7, 11) is 0. The van der Waals surface area contributed by atoms with Crippen molar-refractivity contribution in [2.24, 2.45) is 0 Å². The molecule has 0 unspecified atom stereocenters. The van der Waals surface area contributed by atoms with Gasteiger partial charge in [0.2, 0.25) is 0 Å². The van der Waals surface area contributed by atoms with Gasteiger partial charge >= 0.3 is 0 Å². The molecular weight excluding hydrogens is 278 g/mol. The van der Waals surface area contributed by atoms with Crippen LogP contribution in [0.3, 0.4) is 0 Å². The molecule has 3 heteroatoms. The number of rotatable bonds is 4. The predicted octanol–water partition coefficient (Wildman–Crippen LogP) is 4.64. The molecule has 2 aliphatic rings. The quantitative estimate of drug-likeness (QED) is 0.637. The zero-order valence-corrected chi connectivity index (χ0v) is 13.6. The fourth-order valence-corrected chi connectivity index (χ4v) is 4.55. The Labute approximate surface area is 131 Å². The maximum absolute atomic E-state index is 12.4. The van der Waals surface area contributed by atoms with Crippen molar-refractivity contribution in [3.05, 3.63) is 33.0 Å². The van der Waals surface area contributed by atoms with E-state index in [1.807, 2.05) is 0 Å². The van der Waals surface area contributed by atoms with Crippen LogP contribution in [0, 0.1) is 0 Å². The first-order valence-electron chi connectivity index (χ1n) is 8.40. The van der Waals surface area contributed by atoms with Crippen molar-refractivity contribution in [2.75, 3.05) is 6.54 Å². The van der Waals surface area contributed by atoms with Gasteiger partial charge in [0.15, 0.2) is 0 Å². The maximum atomic E-state index is 12.4. The topological polar surface area (TPSA) is 29.1 Å². The number of fused-ring (bicyclic) bond motifs is 1. The highest BCUT2D eigenvalue weighted by molar-refractivity contribution is 7.10. The summed E-state index contributed by atoms with van der Waals surface area (Å²) in [5, 5.41) is 5.20. The van der Waals surface area contributed by atoms with E-state index in [9.17, 15) is 4.79 Å². The highest BCUT2D eigenvalue weighted by atomic mass is 32.1. The Morgan fingerprint density at radius 1 is 1.10 bits per heavy atom. The lowest BCUT2D eigenvalue weighted by Crippen LogP contribution is -2.25. The molecule has 0 bridgehead atoms. The molecule has 21 heavy (non-hydrogen) atoms. The number of aryl methyl sites for hydroxylation is 1. The fraction of sp³-hybridized carbons (Fsp3) is 0.611. The Bertz CT molecular complexity index is 529. The molecule has 0 aliphatic heterocycles. The highest BCUT2D eigenvalue weighted by Crippen LogP contribution is 2.29. The Morgan fingerprint density at radius 2 is 1.95 bits per heavy atom. The van der Waals surface area contributed by atoms with E-state index in [0.29, 0.717) is 0 Å². The van der Waals surface area contributed by atoms with Crippen molar-refractivity contribution in [1.82, 2.24) is 5.32 Å². The molecule has 0 atom stereocenters. The van der Waals surface area contributed by atoms with Crippen LogP contribution in [0.4, 0.5) is 0 Å². The molecule has 2 aliphatic carbocycles. The van der Waals surface area contributed by atoms with Gasteiger partial charge in [0.1, 0.15) is 0 Å². The summed E-state index contributed by atoms with van der Waals surface area (Å²) in [6, 6.07) is 0. The van der Waals surface area contributed by atoms with E-state index in [1.165, 1.54) is 67.4 Å². The summed E-state index contributed by atoms with van der Waals surface area (Å²) >= 11 is 1.78. The van der Waals surface area contributed by atoms with E-state index >= 15 is 0 Å². The molecule has 1 aromatic heterocycles. The molecule has 1 heterocycles. The third-order valence-corrected chi connectivity index (χ3v) is 5.76. The van der Waals surface area contributed by atoms with Crippen LogP contribution in [0.5, 0.6) is 0 Å². The summed E-state index contributed by atoms with van der Waals surface area (Å²) in [4.78, 5) is 13.9. The minimum Gasteiger partial charge on any atom is -0.352 e. The Hall–Kier alpha value is -1.09. The molecule has 2 nitrogen and oxygen atoms in total. The second-order valence-corrected chi connectivity index (χ2v) is 7.19. The largest absolute Gasteiger partial charge is 0.352 e. The molecule has 1 N–H and O–H groups in total. The van der Waals surface area contributed by atoms with Crippen molar-refractivity contribution in [3.63, 3.8) is 0 Å². The first kappa shape index (κ1) is 14.8. The SMILES string of the molecule is O=C(NCCC1=CCCCC1)c1csc2c1CCCCC2. The number of thiophene rings is 1. The van der Waals surface area contributed by atoms with E-state index in [0.717, 1.165) is 24.9 Å². The average Bonchev–Trinajstić information content (AvgIpc) is 2.77. The van der Waals surface area contributed by atoms with Crippen molar-refractivity contribution < 1.29 is 4.79 Å². The molecule has 114 valence electrons. The number of carbonyl (C=O) groups excluding carboxylic acids is 1. The van der Waals surface area contributed by atoms with Gasteiger partial charge in [-0.05, 0) is 63.4 Å². The maximum Gasteiger partial charge on any atom is 0.252 e. The van der Waals surface area contributed by atoms with Gasteiger partial charge in [-0.3, -0.25) is 4.79 Å². The van der Waals surface area contributed by atoms with Gasteiger partial charge < -0.3 is 5.32 Å². The van der Waals surface area contributed by atoms with Gasteiger partial charge in [-0.25, -0.2) is 0 Å². The summed E-state index contributed by atoms with van der Waals surface area (Å²) in [6.07, 6.45) is 14.6. The van der Waals surface area contributed by atoms with E-state index in [2.05, 4.69) is 16.8 Å². The second-order valence-electron chi connectivity index (χ2n) is 6.23. The van der Waals surface area contributed by atoms with Crippen molar-refractivity contribution in [2.45, 2.75) is 64.2 Å². The lowest BCUT2D eigenvalue weighted by molar-refractivity contribution is 0.0953. The van der Waals surface area contributed by atoms with Gasteiger partial charge in [-0.15, -0.1) is 11.3 Å². The van der Waals surface area contributed by atoms with Crippen LogP contribution < -0.4 is 5.32 Å². The van der Waals surface area contributed by atoms with Gasteiger partial charge in [-0.2, -0.15) is 0 Å². The first-order chi connectivity index (χ1) is 10.3. The smallest absolute Gasteiger partial charge is 0.252 e. The van der Waals surface area contributed by atoms with E-state index < -0.39 is 0 Å². The molecule has 0 aromatic carbocycles. The summed E-state index contributed by atoms with van der Waals surface area (Å²) in [5.41, 5.74) is 3.83. The third kappa shape index (κ3) is 3.76. The van der Waals surface area contributed by atoms with Crippen LogP contribution in [-0.2, 0) is 12.8 Å². The van der Waals surface area contributed by atoms with Crippen LogP contribution in [0.25, 0.3) is 0 Å². The van der Waals surface area contributed by atoms with Gasteiger partial charge in [0.25, 0.3) is 5.91 Å². The van der Waals surface area contributed by atoms with Crippen LogP contribution in [0.1, 0.15) is 72.2 Å². The Kier molecular flexibility index (Phi) is 5.13. The lowest BCUT2D eigenvalue weighted by atomic mass is 9.97. The van der Waals surface area contributed by atoms with Gasteiger partial charge in [-0.1, -0.05) is 18.1 Å². The molecule has 0 spiro atoms. The molecular formula is C18H25NOS. The van der Waals surface area contributed by atoms with Crippen molar-refractivity contribution in [1.29, 1.82) is 0 Å². The number of allylic oxidation sites excluding steroid dienone is 1. The first-order valence-corrected chi connectivity index (χ1v) is 9.28.